The van der Waals surface area contributed by atoms with Crippen molar-refractivity contribution < 1.29 is 14.7 Å². The fraction of sp³-hybridized carbons (Fsp3) is 0.167. The van der Waals surface area contributed by atoms with Gasteiger partial charge in [0.2, 0.25) is 0 Å². The maximum Gasteiger partial charge on any atom is 0.328 e. The number of carbonyl (C=O) groups is 2. The molecule has 0 aromatic heterocycles. The van der Waals surface area contributed by atoms with Gasteiger partial charge in [-0.1, -0.05) is 28.1 Å². The summed E-state index contributed by atoms with van der Waals surface area (Å²) in [6.07, 6.45) is 2.78. The third-order valence-corrected chi connectivity index (χ3v) is 3.04. The van der Waals surface area contributed by atoms with Crippen molar-refractivity contribution in [1.29, 1.82) is 0 Å². The van der Waals surface area contributed by atoms with Gasteiger partial charge in [0.15, 0.2) is 5.78 Å². The minimum Gasteiger partial charge on any atom is -0.478 e. The summed E-state index contributed by atoms with van der Waals surface area (Å²) in [4.78, 5) is 21.6. The molecule has 0 unspecified atom stereocenters. The highest BCUT2D eigenvalue weighted by atomic mass is 79.9. The Morgan fingerprint density at radius 1 is 1.41 bits per heavy atom. The van der Waals surface area contributed by atoms with Crippen LogP contribution in [0.15, 0.2) is 28.7 Å². The van der Waals surface area contributed by atoms with E-state index in [0.717, 1.165) is 16.1 Å². The van der Waals surface area contributed by atoms with Gasteiger partial charge in [0, 0.05) is 17.0 Å². The van der Waals surface area contributed by atoms with E-state index in [4.69, 9.17) is 16.7 Å². The number of benzene rings is 1. The molecule has 1 rings (SSSR count). The van der Waals surface area contributed by atoms with E-state index < -0.39 is 5.97 Å². The molecule has 0 aliphatic rings. The van der Waals surface area contributed by atoms with Crippen molar-refractivity contribution in [2.45, 2.75) is 6.42 Å². The fourth-order valence-electron chi connectivity index (χ4n) is 1.27. The van der Waals surface area contributed by atoms with Crippen molar-refractivity contribution in [2.24, 2.45) is 0 Å². The summed E-state index contributed by atoms with van der Waals surface area (Å²) in [7, 11) is 0. The standard InChI is InChI=1S/C12H10BrClO3/c13-11-3-1-8(6-10(15)7-14)5-9(11)2-4-12(16)17/h1-5H,6-7H2,(H,16,17)/b4-2+. The van der Waals surface area contributed by atoms with Gasteiger partial charge in [-0.15, -0.1) is 11.6 Å². The molecule has 0 saturated heterocycles. The van der Waals surface area contributed by atoms with Gasteiger partial charge in [0.05, 0.1) is 5.88 Å². The van der Waals surface area contributed by atoms with Crippen LogP contribution in [-0.4, -0.2) is 22.7 Å². The molecule has 1 N–H and O–H groups in total. The van der Waals surface area contributed by atoms with Gasteiger partial charge >= 0.3 is 5.97 Å². The maximum atomic E-state index is 11.2. The zero-order chi connectivity index (χ0) is 12.8. The topological polar surface area (TPSA) is 54.4 Å². The van der Waals surface area contributed by atoms with E-state index in [1.54, 1.807) is 18.2 Å². The second-order valence-corrected chi connectivity index (χ2v) is 4.50. The average Bonchev–Trinajstić information content (AvgIpc) is 2.29. The first-order chi connectivity index (χ1) is 8.02. The number of alkyl halides is 1. The fourth-order valence-corrected chi connectivity index (χ4v) is 1.74. The van der Waals surface area contributed by atoms with Crippen LogP contribution in [0.25, 0.3) is 6.08 Å². The van der Waals surface area contributed by atoms with Crippen molar-refractivity contribution in [2.75, 3.05) is 5.88 Å². The maximum absolute atomic E-state index is 11.2. The molecule has 0 radical (unpaired) electrons. The first kappa shape index (κ1) is 13.9. The molecule has 90 valence electrons. The Bertz CT molecular complexity index is 469. The SMILES string of the molecule is O=C(O)/C=C/c1cc(CC(=O)CCl)ccc1Br. The summed E-state index contributed by atoms with van der Waals surface area (Å²) >= 11 is 8.73. The van der Waals surface area contributed by atoms with E-state index in [1.165, 1.54) is 6.08 Å². The van der Waals surface area contributed by atoms with Crippen molar-refractivity contribution in [1.82, 2.24) is 0 Å². The summed E-state index contributed by atoms with van der Waals surface area (Å²) < 4.78 is 0.775. The number of rotatable bonds is 5. The van der Waals surface area contributed by atoms with Crippen molar-refractivity contribution in [3.8, 4) is 0 Å². The molecular formula is C12H10BrClO3. The van der Waals surface area contributed by atoms with Crippen LogP contribution < -0.4 is 0 Å². The van der Waals surface area contributed by atoms with Crippen LogP contribution in [0.4, 0.5) is 0 Å². The number of ketones is 1. The minimum absolute atomic E-state index is 0.0175. The molecule has 5 heteroatoms. The molecular weight excluding hydrogens is 307 g/mol. The van der Waals surface area contributed by atoms with Crippen LogP contribution in [0.2, 0.25) is 0 Å². The highest BCUT2D eigenvalue weighted by Gasteiger charge is 2.04. The predicted molar refractivity (Wildman–Crippen MR) is 70.2 cm³/mol. The molecule has 17 heavy (non-hydrogen) atoms. The van der Waals surface area contributed by atoms with E-state index in [1.807, 2.05) is 0 Å². The summed E-state index contributed by atoms with van der Waals surface area (Å²) in [5.74, 6) is -1.10. The number of carbonyl (C=O) groups excluding carboxylic acids is 1. The van der Waals surface area contributed by atoms with E-state index in [0.29, 0.717) is 5.56 Å². The number of hydrogen-bond acceptors (Lipinski definition) is 2. The number of carboxylic acid groups (broad SMARTS) is 1. The smallest absolute Gasteiger partial charge is 0.328 e. The highest BCUT2D eigenvalue weighted by molar-refractivity contribution is 9.10. The van der Waals surface area contributed by atoms with Gasteiger partial charge in [-0.2, -0.15) is 0 Å². The number of Topliss-reactive ketones (excluding diaryl/α,β-unsaturated/α-hetero) is 1. The van der Waals surface area contributed by atoms with Crippen molar-refractivity contribution in [3.05, 3.63) is 39.9 Å². The Morgan fingerprint density at radius 2 is 2.12 bits per heavy atom. The van der Waals surface area contributed by atoms with Crippen LogP contribution in [0, 0.1) is 0 Å². The lowest BCUT2D eigenvalue weighted by atomic mass is 10.1. The lowest BCUT2D eigenvalue weighted by molar-refractivity contribution is -0.131. The monoisotopic (exact) mass is 316 g/mol. The summed E-state index contributed by atoms with van der Waals surface area (Å²) in [5, 5.41) is 8.54. The van der Waals surface area contributed by atoms with Gasteiger partial charge in [0.1, 0.15) is 0 Å². The molecule has 3 nitrogen and oxygen atoms in total. The highest BCUT2D eigenvalue weighted by Crippen LogP contribution is 2.20. The molecule has 0 aliphatic heterocycles. The quantitative estimate of drug-likeness (QED) is 0.671. The molecule has 0 saturated carbocycles. The van der Waals surface area contributed by atoms with Gasteiger partial charge in [-0.25, -0.2) is 4.79 Å². The molecule has 0 spiro atoms. The number of aliphatic carboxylic acids is 1. The van der Waals surface area contributed by atoms with Gasteiger partial charge < -0.3 is 5.11 Å². The van der Waals surface area contributed by atoms with Crippen LogP contribution >= 0.6 is 27.5 Å². The van der Waals surface area contributed by atoms with E-state index in [9.17, 15) is 9.59 Å². The molecule has 1 aromatic carbocycles. The van der Waals surface area contributed by atoms with E-state index in [-0.39, 0.29) is 18.1 Å². The number of carboxylic acids is 1. The van der Waals surface area contributed by atoms with Crippen LogP contribution in [0.5, 0.6) is 0 Å². The van der Waals surface area contributed by atoms with Gasteiger partial charge in [-0.05, 0) is 23.3 Å². The predicted octanol–water partition coefficient (Wildman–Crippen LogP) is 2.90. The molecule has 0 aliphatic carbocycles. The molecule has 0 amide bonds. The summed E-state index contributed by atoms with van der Waals surface area (Å²) in [6, 6.07) is 5.33. The third-order valence-electron chi connectivity index (χ3n) is 2.02. The Morgan fingerprint density at radius 3 is 2.71 bits per heavy atom. The Labute approximate surface area is 112 Å². The molecule has 0 bridgehead atoms. The molecule has 0 heterocycles. The largest absolute Gasteiger partial charge is 0.478 e. The lowest BCUT2D eigenvalue weighted by Crippen LogP contribution is -2.03. The Balaban J connectivity index is 2.94. The lowest BCUT2D eigenvalue weighted by Gasteiger charge is -2.03. The number of halogens is 2. The zero-order valence-electron chi connectivity index (χ0n) is 8.82. The summed E-state index contributed by atoms with van der Waals surface area (Å²) in [6.45, 7) is 0. The Kier molecular flexibility index (Phi) is 5.38. The molecule has 0 fully saturated rings. The first-order valence-corrected chi connectivity index (χ1v) is 6.12. The summed E-state index contributed by atoms with van der Waals surface area (Å²) in [5.41, 5.74) is 1.52. The molecule has 0 atom stereocenters. The van der Waals surface area contributed by atoms with E-state index in [2.05, 4.69) is 15.9 Å². The molecule has 1 aromatic rings. The van der Waals surface area contributed by atoms with Crippen molar-refractivity contribution in [3.63, 3.8) is 0 Å². The zero-order valence-corrected chi connectivity index (χ0v) is 11.2. The average molecular weight is 318 g/mol. The Hall–Kier alpha value is -1.13. The van der Waals surface area contributed by atoms with Gasteiger partial charge in [0.25, 0.3) is 0 Å². The normalized spacial score (nSPS) is 10.7. The second kappa shape index (κ2) is 6.57. The van der Waals surface area contributed by atoms with Gasteiger partial charge in [-0.3, -0.25) is 4.79 Å². The third kappa shape index (κ3) is 4.71. The van der Waals surface area contributed by atoms with Crippen LogP contribution in [0.1, 0.15) is 11.1 Å². The minimum atomic E-state index is -1.01. The first-order valence-electron chi connectivity index (χ1n) is 4.80. The number of hydrogen-bond donors (Lipinski definition) is 1. The van der Waals surface area contributed by atoms with Crippen LogP contribution in [0.3, 0.4) is 0 Å². The second-order valence-electron chi connectivity index (χ2n) is 3.38. The van der Waals surface area contributed by atoms with Crippen molar-refractivity contribution >= 4 is 45.4 Å². The van der Waals surface area contributed by atoms with Crippen LogP contribution in [-0.2, 0) is 16.0 Å². The van der Waals surface area contributed by atoms with E-state index >= 15 is 0 Å².